The summed E-state index contributed by atoms with van der Waals surface area (Å²) < 4.78 is 0. The molecule has 1 fully saturated rings. The summed E-state index contributed by atoms with van der Waals surface area (Å²) in [6.45, 7) is 9.35. The molecule has 1 aliphatic heterocycles. The van der Waals surface area contributed by atoms with Crippen LogP contribution < -0.4 is 0 Å². The molecule has 0 aromatic heterocycles. The third-order valence-corrected chi connectivity index (χ3v) is 2.43. The second-order valence-corrected chi connectivity index (χ2v) is 3.56. The Kier molecular flexibility index (Phi) is 3.51. The van der Waals surface area contributed by atoms with Crippen molar-refractivity contribution in [3.8, 4) is 6.07 Å². The fourth-order valence-corrected chi connectivity index (χ4v) is 1.54. The summed E-state index contributed by atoms with van der Waals surface area (Å²) in [4.78, 5) is 4.66. The van der Waals surface area contributed by atoms with Gasteiger partial charge < -0.3 is 0 Å². The van der Waals surface area contributed by atoms with E-state index in [0.717, 1.165) is 26.2 Å². The van der Waals surface area contributed by atoms with Crippen molar-refractivity contribution >= 4 is 0 Å². The number of nitriles is 1. The fraction of sp³-hybridized carbons (Fsp3) is 0.889. The summed E-state index contributed by atoms with van der Waals surface area (Å²) in [5.74, 6) is 0. The average Bonchev–Trinajstić information content (AvgIpc) is 2.06. The second kappa shape index (κ2) is 4.44. The molecule has 0 bridgehead atoms. The lowest BCUT2D eigenvalue weighted by molar-refractivity contribution is 0.118. The lowest BCUT2D eigenvalue weighted by atomic mass is 10.2. The van der Waals surface area contributed by atoms with Crippen LogP contribution in [0.15, 0.2) is 0 Å². The first-order chi connectivity index (χ1) is 5.74. The third-order valence-electron chi connectivity index (χ3n) is 2.43. The average molecular weight is 167 g/mol. The Hall–Kier alpha value is -0.590. The maximum atomic E-state index is 8.49. The van der Waals surface area contributed by atoms with Crippen LogP contribution in [0.4, 0.5) is 0 Å². The van der Waals surface area contributed by atoms with Gasteiger partial charge in [0.15, 0.2) is 0 Å². The van der Waals surface area contributed by atoms with Gasteiger partial charge in [-0.1, -0.05) is 0 Å². The zero-order chi connectivity index (χ0) is 8.97. The van der Waals surface area contributed by atoms with Crippen molar-refractivity contribution in [2.45, 2.75) is 19.9 Å². The Morgan fingerprint density at radius 3 is 2.25 bits per heavy atom. The standard InChI is InChI=1S/C9H17N3/c1-9(2)12-7-5-11(4-3-10)6-8-12/h9H,4-8H2,1-2H3. The van der Waals surface area contributed by atoms with Crippen molar-refractivity contribution in [1.29, 1.82) is 5.26 Å². The van der Waals surface area contributed by atoms with Gasteiger partial charge in [0.2, 0.25) is 0 Å². The number of rotatable bonds is 2. The van der Waals surface area contributed by atoms with E-state index in [0.29, 0.717) is 12.6 Å². The molecule has 1 rings (SSSR count). The first kappa shape index (κ1) is 9.50. The van der Waals surface area contributed by atoms with Crippen molar-refractivity contribution in [2.24, 2.45) is 0 Å². The number of nitrogens with zero attached hydrogens (tertiary/aromatic N) is 3. The van der Waals surface area contributed by atoms with Crippen molar-refractivity contribution in [3.63, 3.8) is 0 Å². The third kappa shape index (κ3) is 2.47. The van der Waals surface area contributed by atoms with Gasteiger partial charge in [-0.3, -0.25) is 9.80 Å². The Morgan fingerprint density at radius 2 is 1.83 bits per heavy atom. The predicted molar refractivity (Wildman–Crippen MR) is 48.8 cm³/mol. The minimum Gasteiger partial charge on any atom is -0.298 e. The molecular formula is C9H17N3. The highest BCUT2D eigenvalue weighted by Gasteiger charge is 2.17. The molecule has 0 atom stereocenters. The van der Waals surface area contributed by atoms with E-state index in [1.165, 1.54) is 0 Å². The van der Waals surface area contributed by atoms with Crippen molar-refractivity contribution in [2.75, 3.05) is 32.7 Å². The molecule has 0 aliphatic carbocycles. The zero-order valence-electron chi connectivity index (χ0n) is 7.95. The Morgan fingerprint density at radius 1 is 1.25 bits per heavy atom. The maximum absolute atomic E-state index is 8.49. The van der Waals surface area contributed by atoms with E-state index < -0.39 is 0 Å². The molecule has 1 saturated heterocycles. The summed E-state index contributed by atoms with van der Waals surface area (Å²) in [5, 5.41) is 8.49. The van der Waals surface area contributed by atoms with Gasteiger partial charge in [0.25, 0.3) is 0 Å². The van der Waals surface area contributed by atoms with Gasteiger partial charge in [0.05, 0.1) is 12.6 Å². The van der Waals surface area contributed by atoms with Gasteiger partial charge in [0.1, 0.15) is 0 Å². The monoisotopic (exact) mass is 167 g/mol. The molecular weight excluding hydrogens is 150 g/mol. The van der Waals surface area contributed by atoms with Crippen molar-refractivity contribution in [1.82, 2.24) is 9.80 Å². The minimum atomic E-state index is 0.589. The molecule has 3 nitrogen and oxygen atoms in total. The SMILES string of the molecule is CC(C)N1CCN(CC#N)CC1. The first-order valence-corrected chi connectivity index (χ1v) is 4.57. The Balaban J connectivity index is 2.26. The highest BCUT2D eigenvalue weighted by molar-refractivity contribution is 4.81. The maximum Gasteiger partial charge on any atom is 0.0866 e. The summed E-state index contributed by atoms with van der Waals surface area (Å²) in [6.07, 6.45) is 0. The topological polar surface area (TPSA) is 30.3 Å². The number of hydrogen-bond acceptors (Lipinski definition) is 3. The molecule has 12 heavy (non-hydrogen) atoms. The van der Waals surface area contributed by atoms with Gasteiger partial charge in [0, 0.05) is 32.2 Å². The van der Waals surface area contributed by atoms with Gasteiger partial charge in [-0.25, -0.2) is 0 Å². The molecule has 0 saturated carbocycles. The number of piperazine rings is 1. The van der Waals surface area contributed by atoms with Crippen LogP contribution in [-0.4, -0.2) is 48.6 Å². The van der Waals surface area contributed by atoms with E-state index >= 15 is 0 Å². The highest BCUT2D eigenvalue weighted by Crippen LogP contribution is 2.04. The Labute approximate surface area is 74.6 Å². The number of hydrogen-bond donors (Lipinski definition) is 0. The van der Waals surface area contributed by atoms with E-state index in [4.69, 9.17) is 5.26 Å². The smallest absolute Gasteiger partial charge is 0.0866 e. The van der Waals surface area contributed by atoms with Crippen LogP contribution in [0.5, 0.6) is 0 Å². The van der Waals surface area contributed by atoms with E-state index in [9.17, 15) is 0 Å². The Bertz CT molecular complexity index is 163. The van der Waals surface area contributed by atoms with Crippen LogP contribution in [0.3, 0.4) is 0 Å². The van der Waals surface area contributed by atoms with Crippen molar-refractivity contribution < 1.29 is 0 Å². The minimum absolute atomic E-state index is 0.589. The first-order valence-electron chi connectivity index (χ1n) is 4.57. The fourth-order valence-electron chi connectivity index (χ4n) is 1.54. The summed E-state index contributed by atoms with van der Waals surface area (Å²) in [7, 11) is 0. The molecule has 1 heterocycles. The van der Waals surface area contributed by atoms with E-state index in [1.807, 2.05) is 0 Å². The van der Waals surface area contributed by atoms with Gasteiger partial charge in [-0.15, -0.1) is 0 Å². The highest BCUT2D eigenvalue weighted by atomic mass is 15.3. The predicted octanol–water partition coefficient (Wildman–Crippen LogP) is 0.536. The molecule has 0 radical (unpaired) electrons. The summed E-state index contributed by atoms with van der Waals surface area (Å²) in [6, 6.07) is 2.84. The lowest BCUT2D eigenvalue weighted by Gasteiger charge is -2.35. The molecule has 0 amide bonds. The van der Waals surface area contributed by atoms with Gasteiger partial charge in [-0.2, -0.15) is 5.26 Å². The largest absolute Gasteiger partial charge is 0.298 e. The van der Waals surface area contributed by atoms with Crippen LogP contribution in [0.25, 0.3) is 0 Å². The van der Waals surface area contributed by atoms with Crippen LogP contribution in [-0.2, 0) is 0 Å². The van der Waals surface area contributed by atoms with Crippen LogP contribution in [0.2, 0.25) is 0 Å². The molecule has 0 N–H and O–H groups in total. The second-order valence-electron chi connectivity index (χ2n) is 3.56. The van der Waals surface area contributed by atoms with Crippen LogP contribution >= 0.6 is 0 Å². The molecule has 0 aromatic rings. The van der Waals surface area contributed by atoms with Crippen LogP contribution in [0.1, 0.15) is 13.8 Å². The molecule has 0 unspecified atom stereocenters. The molecule has 68 valence electrons. The molecule has 3 heteroatoms. The lowest BCUT2D eigenvalue weighted by Crippen LogP contribution is -2.48. The van der Waals surface area contributed by atoms with Crippen LogP contribution in [0, 0.1) is 11.3 Å². The normalized spacial score (nSPS) is 21.2. The molecule has 0 spiro atoms. The molecule has 0 aromatic carbocycles. The van der Waals surface area contributed by atoms with Gasteiger partial charge in [-0.05, 0) is 13.8 Å². The van der Waals surface area contributed by atoms with E-state index in [1.54, 1.807) is 0 Å². The zero-order valence-corrected chi connectivity index (χ0v) is 7.95. The van der Waals surface area contributed by atoms with E-state index in [2.05, 4.69) is 29.7 Å². The van der Waals surface area contributed by atoms with Gasteiger partial charge >= 0.3 is 0 Å². The van der Waals surface area contributed by atoms with E-state index in [-0.39, 0.29) is 0 Å². The summed E-state index contributed by atoms with van der Waals surface area (Å²) >= 11 is 0. The quantitative estimate of drug-likeness (QED) is 0.562. The summed E-state index contributed by atoms with van der Waals surface area (Å²) in [5.41, 5.74) is 0. The van der Waals surface area contributed by atoms with Crippen molar-refractivity contribution in [3.05, 3.63) is 0 Å². The molecule has 1 aliphatic rings.